The standard InChI is InChI=1S/C16H18ClN5O2.ClH/c1-10(8-18)9-21-15(23)13-14(20-7-6-19-13)16(24)22-12-4-2-11(17)3-5-12;/h2-7,10H,8-9,18H2,1H3,(H,21,23)(H,22,24);1H. The molecule has 134 valence electrons. The van der Waals surface area contributed by atoms with Gasteiger partial charge in [-0.25, -0.2) is 9.97 Å². The molecule has 9 heteroatoms. The Bertz CT molecular complexity index is 725. The fraction of sp³-hybridized carbons (Fsp3) is 0.250. The summed E-state index contributed by atoms with van der Waals surface area (Å²) in [4.78, 5) is 32.6. The first-order chi connectivity index (χ1) is 11.5. The lowest BCUT2D eigenvalue weighted by Gasteiger charge is -2.11. The molecule has 2 aromatic rings. The van der Waals surface area contributed by atoms with E-state index in [0.717, 1.165) is 0 Å². The van der Waals surface area contributed by atoms with Crippen LogP contribution in [0.5, 0.6) is 0 Å². The predicted molar refractivity (Wildman–Crippen MR) is 99.2 cm³/mol. The minimum absolute atomic E-state index is 0. The summed E-state index contributed by atoms with van der Waals surface area (Å²) in [5.41, 5.74) is 5.97. The van der Waals surface area contributed by atoms with Gasteiger partial charge in [-0.1, -0.05) is 18.5 Å². The molecule has 0 aliphatic rings. The second kappa shape index (κ2) is 9.93. The topological polar surface area (TPSA) is 110 Å². The number of nitrogens with two attached hydrogens (primary N) is 1. The molecular weight excluding hydrogens is 365 g/mol. The van der Waals surface area contributed by atoms with Crippen molar-refractivity contribution in [3.05, 3.63) is 53.1 Å². The van der Waals surface area contributed by atoms with Crippen molar-refractivity contribution < 1.29 is 9.59 Å². The van der Waals surface area contributed by atoms with Crippen LogP contribution in [-0.2, 0) is 0 Å². The molecule has 1 heterocycles. The second-order valence-corrected chi connectivity index (χ2v) is 5.70. The summed E-state index contributed by atoms with van der Waals surface area (Å²) in [6.45, 7) is 2.75. The first-order valence-corrected chi connectivity index (χ1v) is 7.75. The van der Waals surface area contributed by atoms with E-state index in [9.17, 15) is 9.59 Å². The molecule has 0 fully saturated rings. The van der Waals surface area contributed by atoms with Crippen molar-refractivity contribution in [1.82, 2.24) is 15.3 Å². The lowest BCUT2D eigenvalue weighted by atomic mass is 10.2. The lowest BCUT2D eigenvalue weighted by Crippen LogP contribution is -2.33. The van der Waals surface area contributed by atoms with Crippen molar-refractivity contribution in [2.24, 2.45) is 11.7 Å². The Morgan fingerprint density at radius 3 is 2.24 bits per heavy atom. The summed E-state index contributed by atoms with van der Waals surface area (Å²) in [7, 11) is 0. The van der Waals surface area contributed by atoms with Gasteiger partial charge in [-0.05, 0) is 36.7 Å². The minimum atomic E-state index is -0.526. The van der Waals surface area contributed by atoms with Crippen molar-refractivity contribution in [3.63, 3.8) is 0 Å². The smallest absolute Gasteiger partial charge is 0.276 e. The van der Waals surface area contributed by atoms with E-state index in [1.165, 1.54) is 12.4 Å². The third kappa shape index (κ3) is 5.97. The second-order valence-electron chi connectivity index (χ2n) is 5.27. The van der Waals surface area contributed by atoms with Gasteiger partial charge in [-0.2, -0.15) is 0 Å². The van der Waals surface area contributed by atoms with Crippen LogP contribution in [0.3, 0.4) is 0 Å². The molecule has 1 aromatic heterocycles. The molecule has 0 spiro atoms. The molecule has 2 amide bonds. The number of nitrogens with zero attached hydrogens (tertiary/aromatic N) is 2. The van der Waals surface area contributed by atoms with E-state index < -0.39 is 11.8 Å². The summed E-state index contributed by atoms with van der Waals surface area (Å²) in [6, 6.07) is 6.60. The minimum Gasteiger partial charge on any atom is -0.350 e. The highest BCUT2D eigenvalue weighted by Crippen LogP contribution is 2.14. The summed E-state index contributed by atoms with van der Waals surface area (Å²) in [6.07, 6.45) is 2.72. The largest absolute Gasteiger partial charge is 0.350 e. The Morgan fingerprint density at radius 2 is 1.68 bits per heavy atom. The molecular formula is C16H19Cl2N5O2. The number of carbonyl (C=O) groups is 2. The van der Waals surface area contributed by atoms with E-state index >= 15 is 0 Å². The van der Waals surface area contributed by atoms with E-state index in [4.69, 9.17) is 17.3 Å². The van der Waals surface area contributed by atoms with Crippen molar-refractivity contribution >= 4 is 41.5 Å². The van der Waals surface area contributed by atoms with Crippen LogP contribution in [0.25, 0.3) is 0 Å². The van der Waals surface area contributed by atoms with E-state index in [0.29, 0.717) is 23.8 Å². The Kier molecular flexibility index (Phi) is 8.27. The maximum absolute atomic E-state index is 12.4. The SMILES string of the molecule is CC(CN)CNC(=O)c1nccnc1C(=O)Nc1ccc(Cl)cc1.Cl. The number of nitrogens with one attached hydrogen (secondary N) is 2. The van der Waals surface area contributed by atoms with Crippen LogP contribution in [-0.4, -0.2) is 34.9 Å². The third-order valence-corrected chi connectivity index (χ3v) is 3.50. The van der Waals surface area contributed by atoms with Crippen molar-refractivity contribution in [2.45, 2.75) is 6.92 Å². The predicted octanol–water partition coefficient (Wildman–Crippen LogP) is 2.13. The van der Waals surface area contributed by atoms with Crippen molar-refractivity contribution in [3.8, 4) is 0 Å². The number of rotatable bonds is 6. The maximum atomic E-state index is 12.4. The van der Waals surface area contributed by atoms with Crippen LogP contribution in [0.2, 0.25) is 5.02 Å². The fourth-order valence-electron chi connectivity index (χ4n) is 1.83. The number of carbonyl (C=O) groups excluding carboxylic acids is 2. The van der Waals surface area contributed by atoms with Crippen LogP contribution in [0.15, 0.2) is 36.7 Å². The molecule has 2 rings (SSSR count). The Hall–Kier alpha value is -2.22. The molecule has 1 unspecified atom stereocenters. The maximum Gasteiger partial charge on any atom is 0.276 e. The zero-order chi connectivity index (χ0) is 17.5. The van der Waals surface area contributed by atoms with E-state index in [1.807, 2.05) is 6.92 Å². The van der Waals surface area contributed by atoms with Crippen LogP contribution in [0.4, 0.5) is 5.69 Å². The van der Waals surface area contributed by atoms with Crippen LogP contribution in [0, 0.1) is 5.92 Å². The molecule has 0 aliphatic carbocycles. The number of halogens is 2. The molecule has 0 radical (unpaired) electrons. The number of hydrogen-bond acceptors (Lipinski definition) is 5. The number of hydrogen-bond donors (Lipinski definition) is 3. The number of amides is 2. The number of anilines is 1. The Balaban J connectivity index is 0.00000312. The van der Waals surface area contributed by atoms with Gasteiger partial charge in [0.05, 0.1) is 0 Å². The van der Waals surface area contributed by atoms with Crippen LogP contribution in [0.1, 0.15) is 27.9 Å². The molecule has 0 bridgehead atoms. The summed E-state index contributed by atoms with van der Waals surface area (Å²) in [5.74, 6) is -0.871. The van der Waals surface area contributed by atoms with Crippen molar-refractivity contribution in [1.29, 1.82) is 0 Å². The fourth-order valence-corrected chi connectivity index (χ4v) is 1.95. The van der Waals surface area contributed by atoms with Gasteiger partial charge in [0.2, 0.25) is 0 Å². The zero-order valence-electron chi connectivity index (χ0n) is 13.5. The van der Waals surface area contributed by atoms with E-state index in [2.05, 4.69) is 20.6 Å². The normalized spacial score (nSPS) is 11.2. The lowest BCUT2D eigenvalue weighted by molar-refractivity contribution is 0.0929. The highest BCUT2D eigenvalue weighted by molar-refractivity contribution is 6.30. The molecule has 0 saturated heterocycles. The summed E-state index contributed by atoms with van der Waals surface area (Å²) in [5, 5.41) is 5.91. The van der Waals surface area contributed by atoms with Gasteiger partial charge in [0.15, 0.2) is 11.4 Å². The molecule has 1 aromatic carbocycles. The molecule has 4 N–H and O–H groups in total. The highest BCUT2D eigenvalue weighted by Gasteiger charge is 2.20. The molecule has 0 saturated carbocycles. The van der Waals surface area contributed by atoms with Gasteiger partial charge < -0.3 is 16.4 Å². The number of aromatic nitrogens is 2. The Morgan fingerprint density at radius 1 is 1.12 bits per heavy atom. The van der Waals surface area contributed by atoms with Gasteiger partial charge in [0.1, 0.15) is 0 Å². The molecule has 1 atom stereocenters. The average Bonchev–Trinajstić information content (AvgIpc) is 2.61. The summed E-state index contributed by atoms with van der Waals surface area (Å²) >= 11 is 5.81. The molecule has 0 aliphatic heterocycles. The molecule has 7 nitrogen and oxygen atoms in total. The Labute approximate surface area is 156 Å². The first kappa shape index (κ1) is 20.8. The zero-order valence-corrected chi connectivity index (χ0v) is 15.1. The van der Waals surface area contributed by atoms with E-state index in [-0.39, 0.29) is 29.7 Å². The van der Waals surface area contributed by atoms with Crippen LogP contribution < -0.4 is 16.4 Å². The van der Waals surface area contributed by atoms with E-state index in [1.54, 1.807) is 24.3 Å². The van der Waals surface area contributed by atoms with Gasteiger partial charge in [-0.3, -0.25) is 9.59 Å². The average molecular weight is 384 g/mol. The number of benzene rings is 1. The van der Waals surface area contributed by atoms with Crippen molar-refractivity contribution in [2.75, 3.05) is 18.4 Å². The highest BCUT2D eigenvalue weighted by atomic mass is 35.5. The van der Waals surface area contributed by atoms with Gasteiger partial charge in [0.25, 0.3) is 11.8 Å². The van der Waals surface area contributed by atoms with Gasteiger partial charge >= 0.3 is 0 Å². The third-order valence-electron chi connectivity index (χ3n) is 3.24. The molecule has 25 heavy (non-hydrogen) atoms. The summed E-state index contributed by atoms with van der Waals surface area (Å²) < 4.78 is 0. The monoisotopic (exact) mass is 383 g/mol. The van der Waals surface area contributed by atoms with Gasteiger partial charge in [-0.15, -0.1) is 12.4 Å². The van der Waals surface area contributed by atoms with Gasteiger partial charge in [0, 0.05) is 29.6 Å². The quantitative estimate of drug-likeness (QED) is 0.707. The van der Waals surface area contributed by atoms with Crippen LogP contribution >= 0.6 is 24.0 Å². The first-order valence-electron chi connectivity index (χ1n) is 7.37.